The SMILES string of the molecule is CC1(C)c2ccccc2-c2cc3c(cc21)N(c1ccccc1)c1ccc(C=C2C(=O)c4cc(Cl)c(Cl)cc4C2=O)cc1C3(C)C. The third-order valence-electron chi connectivity index (χ3n) is 9.91. The Morgan fingerprint density at radius 1 is 0.556 bits per heavy atom. The normalized spacial score (nSPS) is 16.6. The molecule has 0 radical (unpaired) electrons. The summed E-state index contributed by atoms with van der Waals surface area (Å²) in [6.07, 6.45) is 1.70. The van der Waals surface area contributed by atoms with Crippen LogP contribution in [0, 0.1) is 0 Å². The van der Waals surface area contributed by atoms with E-state index in [-0.39, 0.29) is 38.0 Å². The van der Waals surface area contributed by atoms with Crippen LogP contribution in [0.2, 0.25) is 10.0 Å². The van der Waals surface area contributed by atoms with Gasteiger partial charge in [-0.15, -0.1) is 0 Å². The summed E-state index contributed by atoms with van der Waals surface area (Å²) in [5.74, 6) is -0.669. The zero-order valence-corrected chi connectivity index (χ0v) is 26.8. The Labute approximate surface area is 272 Å². The Morgan fingerprint density at radius 3 is 1.84 bits per heavy atom. The summed E-state index contributed by atoms with van der Waals surface area (Å²) in [6.45, 7) is 9.14. The Kier molecular flexibility index (Phi) is 5.94. The number of Topliss-reactive ketones (excluding diaryl/α,β-unsaturated/α-hetero) is 2. The van der Waals surface area contributed by atoms with Crippen molar-refractivity contribution in [2.24, 2.45) is 0 Å². The molecular weight excluding hydrogens is 597 g/mol. The maximum Gasteiger partial charge on any atom is 0.197 e. The molecule has 0 aromatic heterocycles. The van der Waals surface area contributed by atoms with E-state index in [2.05, 4.69) is 105 Å². The first-order valence-electron chi connectivity index (χ1n) is 15.1. The third-order valence-corrected chi connectivity index (χ3v) is 10.6. The minimum absolute atomic E-state index is 0.119. The molecule has 3 nitrogen and oxygen atoms in total. The van der Waals surface area contributed by atoms with Gasteiger partial charge in [-0.2, -0.15) is 0 Å². The van der Waals surface area contributed by atoms with E-state index in [9.17, 15) is 9.59 Å². The monoisotopic (exact) mass is 625 g/mol. The summed E-state index contributed by atoms with van der Waals surface area (Å²) in [4.78, 5) is 29.1. The number of nitrogens with zero attached hydrogens (tertiary/aromatic N) is 1. The molecule has 2 aliphatic carbocycles. The summed E-state index contributed by atoms with van der Waals surface area (Å²) in [5.41, 5.74) is 11.8. The first kappa shape index (κ1) is 28.1. The Morgan fingerprint density at radius 2 is 1.16 bits per heavy atom. The summed E-state index contributed by atoms with van der Waals surface area (Å²) >= 11 is 12.4. The number of hydrogen-bond donors (Lipinski definition) is 0. The number of ketones is 2. The molecule has 5 aromatic rings. The van der Waals surface area contributed by atoms with E-state index in [1.54, 1.807) is 6.08 Å². The van der Waals surface area contributed by atoms with Gasteiger partial charge in [-0.1, -0.05) is 99.4 Å². The van der Waals surface area contributed by atoms with Crippen molar-refractivity contribution in [1.82, 2.24) is 0 Å². The lowest BCUT2D eigenvalue weighted by Crippen LogP contribution is -2.31. The molecule has 45 heavy (non-hydrogen) atoms. The maximum atomic E-state index is 13.4. The number of benzene rings is 5. The van der Waals surface area contributed by atoms with Crippen molar-refractivity contribution < 1.29 is 9.59 Å². The van der Waals surface area contributed by atoms with Crippen molar-refractivity contribution in [3.63, 3.8) is 0 Å². The Hall–Kier alpha value is -4.44. The van der Waals surface area contributed by atoms with Crippen LogP contribution in [0.15, 0.2) is 103 Å². The number of halogens is 2. The van der Waals surface area contributed by atoms with Crippen LogP contribution in [0.5, 0.6) is 0 Å². The fourth-order valence-electron chi connectivity index (χ4n) is 7.50. The van der Waals surface area contributed by atoms with Crippen molar-refractivity contribution in [1.29, 1.82) is 0 Å². The zero-order valence-electron chi connectivity index (χ0n) is 25.3. The highest BCUT2D eigenvalue weighted by Gasteiger charge is 2.42. The molecule has 0 saturated heterocycles. The molecule has 5 heteroatoms. The molecule has 3 aliphatic rings. The van der Waals surface area contributed by atoms with E-state index >= 15 is 0 Å². The highest BCUT2D eigenvalue weighted by Crippen LogP contribution is 2.57. The largest absolute Gasteiger partial charge is 0.310 e. The van der Waals surface area contributed by atoms with Crippen LogP contribution in [0.4, 0.5) is 17.1 Å². The molecule has 0 spiro atoms. The highest BCUT2D eigenvalue weighted by molar-refractivity contribution is 6.46. The average Bonchev–Trinajstić information content (AvgIpc) is 3.39. The number of para-hydroxylation sites is 1. The quantitative estimate of drug-likeness (QED) is 0.145. The second-order valence-corrected chi connectivity index (χ2v) is 14.0. The van der Waals surface area contributed by atoms with Gasteiger partial charge in [-0.05, 0) is 93.6 Å². The number of carbonyl (C=O) groups is 2. The molecule has 0 atom stereocenters. The predicted octanol–water partition coefficient (Wildman–Crippen LogP) is 10.9. The number of anilines is 3. The first-order chi connectivity index (χ1) is 21.5. The van der Waals surface area contributed by atoms with Gasteiger partial charge in [-0.3, -0.25) is 9.59 Å². The van der Waals surface area contributed by atoms with Gasteiger partial charge < -0.3 is 4.90 Å². The van der Waals surface area contributed by atoms with Gasteiger partial charge in [0.05, 0.1) is 27.0 Å². The van der Waals surface area contributed by atoms with E-state index in [0.29, 0.717) is 11.1 Å². The summed E-state index contributed by atoms with van der Waals surface area (Å²) in [7, 11) is 0. The van der Waals surface area contributed by atoms with Crippen LogP contribution < -0.4 is 4.90 Å². The molecule has 220 valence electrons. The molecule has 0 unspecified atom stereocenters. The van der Waals surface area contributed by atoms with Gasteiger partial charge in [0.25, 0.3) is 0 Å². The van der Waals surface area contributed by atoms with Crippen LogP contribution in [-0.4, -0.2) is 11.6 Å². The minimum Gasteiger partial charge on any atom is -0.310 e. The van der Waals surface area contributed by atoms with Crippen LogP contribution >= 0.6 is 23.2 Å². The molecule has 5 aromatic carbocycles. The van der Waals surface area contributed by atoms with Crippen LogP contribution in [0.3, 0.4) is 0 Å². The smallest absolute Gasteiger partial charge is 0.197 e. The number of allylic oxidation sites excluding steroid dienone is 1. The molecular formula is C40H29Cl2NO2. The highest BCUT2D eigenvalue weighted by atomic mass is 35.5. The predicted molar refractivity (Wildman–Crippen MR) is 184 cm³/mol. The lowest BCUT2D eigenvalue weighted by atomic mass is 9.71. The summed E-state index contributed by atoms with van der Waals surface area (Å²) in [6, 6.07) is 33.1. The summed E-state index contributed by atoms with van der Waals surface area (Å²) in [5, 5.41) is 0.510. The minimum atomic E-state index is -0.380. The lowest BCUT2D eigenvalue weighted by Gasteiger charge is -2.43. The van der Waals surface area contributed by atoms with Gasteiger partial charge in [0.15, 0.2) is 11.6 Å². The lowest BCUT2D eigenvalue weighted by molar-refractivity contribution is 0.0990. The van der Waals surface area contributed by atoms with Crippen LogP contribution in [0.25, 0.3) is 17.2 Å². The number of fused-ring (bicyclic) bond motifs is 6. The fourth-order valence-corrected chi connectivity index (χ4v) is 7.83. The number of hydrogen-bond acceptors (Lipinski definition) is 3. The summed E-state index contributed by atoms with van der Waals surface area (Å²) < 4.78 is 0. The van der Waals surface area contributed by atoms with Crippen molar-refractivity contribution in [3.05, 3.63) is 152 Å². The maximum absolute atomic E-state index is 13.4. The topological polar surface area (TPSA) is 37.4 Å². The molecule has 0 amide bonds. The van der Waals surface area contributed by atoms with Gasteiger partial charge in [0.1, 0.15) is 0 Å². The molecule has 0 fully saturated rings. The van der Waals surface area contributed by atoms with E-state index in [1.165, 1.54) is 39.9 Å². The third kappa shape index (κ3) is 3.90. The Balaban J connectivity index is 1.32. The van der Waals surface area contributed by atoms with E-state index < -0.39 is 0 Å². The molecule has 0 saturated carbocycles. The zero-order chi connectivity index (χ0) is 31.4. The Bertz CT molecular complexity index is 2130. The van der Waals surface area contributed by atoms with Crippen molar-refractivity contribution in [3.8, 4) is 11.1 Å². The molecule has 0 N–H and O–H groups in total. The molecule has 1 heterocycles. The van der Waals surface area contributed by atoms with Crippen molar-refractivity contribution >= 4 is 57.9 Å². The van der Waals surface area contributed by atoms with Crippen LogP contribution in [0.1, 0.15) is 76.2 Å². The molecule has 8 rings (SSSR count). The average molecular weight is 627 g/mol. The van der Waals surface area contributed by atoms with Crippen molar-refractivity contribution in [2.45, 2.75) is 38.5 Å². The van der Waals surface area contributed by atoms with Crippen molar-refractivity contribution in [2.75, 3.05) is 4.90 Å². The van der Waals surface area contributed by atoms with E-state index in [4.69, 9.17) is 23.2 Å². The van der Waals surface area contributed by atoms with Gasteiger partial charge >= 0.3 is 0 Å². The fraction of sp³-hybridized carbons (Fsp3) is 0.150. The second-order valence-electron chi connectivity index (χ2n) is 13.2. The molecule has 1 aliphatic heterocycles. The van der Waals surface area contributed by atoms with E-state index in [0.717, 1.165) is 28.2 Å². The molecule has 0 bridgehead atoms. The van der Waals surface area contributed by atoms with Gasteiger partial charge in [0.2, 0.25) is 0 Å². The van der Waals surface area contributed by atoms with Gasteiger partial charge in [0, 0.05) is 27.6 Å². The standard InChI is InChI=1S/C40H29Cl2NO2/c1-39(2)29-13-9-8-12-24(29)25-18-32-36(21-30(25)39)43(23-10-6-5-7-11-23)35-15-14-22(17-31(35)40(32,3)4)16-28-37(44)26-19-33(41)34(42)20-27(26)38(28)45/h5-21H,1-4H3. The van der Waals surface area contributed by atoms with Gasteiger partial charge in [-0.25, -0.2) is 0 Å². The van der Waals surface area contributed by atoms with Crippen LogP contribution in [-0.2, 0) is 10.8 Å². The second kappa shape index (κ2) is 9.53. The van der Waals surface area contributed by atoms with E-state index in [1.807, 2.05) is 12.1 Å². The number of carbonyl (C=O) groups excluding carboxylic acids is 2. The number of rotatable bonds is 2. The first-order valence-corrected chi connectivity index (χ1v) is 15.8.